The molecule has 1 aromatic rings. The summed E-state index contributed by atoms with van der Waals surface area (Å²) in [6, 6.07) is 6.58. The van der Waals surface area contributed by atoms with E-state index in [1.807, 2.05) is 6.92 Å². The van der Waals surface area contributed by atoms with Crippen LogP contribution in [0.5, 0.6) is 0 Å². The first-order valence-electron chi connectivity index (χ1n) is 5.50. The van der Waals surface area contributed by atoms with Gasteiger partial charge in [-0.3, -0.25) is 0 Å². The molecule has 1 aromatic carbocycles. The molecule has 15 heavy (non-hydrogen) atoms. The number of aliphatic hydroxyl groups excluding tert-OH is 1. The molecule has 0 aliphatic heterocycles. The van der Waals surface area contributed by atoms with Gasteiger partial charge in [-0.2, -0.15) is 0 Å². The third-order valence-corrected chi connectivity index (χ3v) is 2.42. The number of hydrogen-bond donors (Lipinski definition) is 2. The van der Waals surface area contributed by atoms with Gasteiger partial charge in [-0.1, -0.05) is 36.2 Å². The minimum atomic E-state index is 0.250. The zero-order valence-electron chi connectivity index (χ0n) is 9.88. The average Bonchev–Trinajstić information content (AvgIpc) is 2.16. The summed E-state index contributed by atoms with van der Waals surface area (Å²) in [5.74, 6) is 0.330. The van der Waals surface area contributed by atoms with Crippen molar-refractivity contribution in [2.24, 2.45) is 5.92 Å². The Morgan fingerprint density at radius 1 is 1.20 bits per heavy atom. The molecule has 0 bridgehead atoms. The number of nitrogens with one attached hydrogen (secondary N) is 1. The van der Waals surface area contributed by atoms with E-state index < -0.39 is 0 Å². The van der Waals surface area contributed by atoms with Crippen LogP contribution >= 0.6 is 0 Å². The molecular weight excluding hydrogens is 186 g/mol. The Labute approximate surface area is 92.3 Å². The number of hydrogen-bond acceptors (Lipinski definition) is 2. The van der Waals surface area contributed by atoms with Crippen LogP contribution in [0, 0.1) is 19.8 Å². The van der Waals surface area contributed by atoms with Gasteiger partial charge in [0.2, 0.25) is 0 Å². The van der Waals surface area contributed by atoms with Crippen LogP contribution in [-0.2, 0) is 6.54 Å². The molecule has 0 radical (unpaired) electrons. The monoisotopic (exact) mass is 207 g/mol. The topological polar surface area (TPSA) is 32.3 Å². The van der Waals surface area contributed by atoms with Crippen molar-refractivity contribution < 1.29 is 5.11 Å². The lowest BCUT2D eigenvalue weighted by molar-refractivity contribution is 0.233. The standard InChI is InChI=1S/C13H21NO/c1-10-4-11(2)6-13(5-10)8-14-7-12(3)9-15/h4-6,12,14-15H,7-9H2,1-3H3. The van der Waals surface area contributed by atoms with Crippen molar-refractivity contribution in [1.82, 2.24) is 5.32 Å². The van der Waals surface area contributed by atoms with Gasteiger partial charge < -0.3 is 10.4 Å². The fourth-order valence-electron chi connectivity index (χ4n) is 1.70. The van der Waals surface area contributed by atoms with Crippen molar-refractivity contribution in [1.29, 1.82) is 0 Å². The van der Waals surface area contributed by atoms with E-state index in [4.69, 9.17) is 5.11 Å². The Morgan fingerprint density at radius 3 is 2.33 bits per heavy atom. The van der Waals surface area contributed by atoms with Gasteiger partial charge in [0, 0.05) is 19.7 Å². The van der Waals surface area contributed by atoms with E-state index in [9.17, 15) is 0 Å². The van der Waals surface area contributed by atoms with Crippen LogP contribution in [0.3, 0.4) is 0 Å². The molecular formula is C13H21NO. The summed E-state index contributed by atoms with van der Waals surface area (Å²) in [6.45, 7) is 8.27. The second-order valence-corrected chi connectivity index (χ2v) is 4.41. The minimum Gasteiger partial charge on any atom is -0.396 e. The zero-order valence-corrected chi connectivity index (χ0v) is 9.88. The van der Waals surface area contributed by atoms with Crippen molar-refractivity contribution >= 4 is 0 Å². The first-order chi connectivity index (χ1) is 7.11. The van der Waals surface area contributed by atoms with E-state index in [0.717, 1.165) is 13.1 Å². The lowest BCUT2D eigenvalue weighted by atomic mass is 10.1. The van der Waals surface area contributed by atoms with Crippen LogP contribution in [0.4, 0.5) is 0 Å². The molecule has 0 aliphatic rings. The van der Waals surface area contributed by atoms with Crippen LogP contribution in [0.1, 0.15) is 23.6 Å². The number of aryl methyl sites for hydroxylation is 2. The van der Waals surface area contributed by atoms with Gasteiger partial charge in [-0.25, -0.2) is 0 Å². The first kappa shape index (κ1) is 12.2. The average molecular weight is 207 g/mol. The SMILES string of the molecule is Cc1cc(C)cc(CNCC(C)CO)c1. The van der Waals surface area contributed by atoms with Crippen molar-refractivity contribution in [2.45, 2.75) is 27.3 Å². The van der Waals surface area contributed by atoms with Crippen molar-refractivity contribution in [2.75, 3.05) is 13.2 Å². The third-order valence-electron chi connectivity index (χ3n) is 2.42. The fraction of sp³-hybridized carbons (Fsp3) is 0.538. The highest BCUT2D eigenvalue weighted by atomic mass is 16.3. The van der Waals surface area contributed by atoms with Crippen LogP contribution in [-0.4, -0.2) is 18.3 Å². The molecule has 0 heterocycles. The number of benzene rings is 1. The Kier molecular flexibility index (Phi) is 4.79. The maximum atomic E-state index is 8.88. The quantitative estimate of drug-likeness (QED) is 0.774. The second kappa shape index (κ2) is 5.89. The molecule has 0 aliphatic carbocycles. The Hall–Kier alpha value is -0.860. The normalized spacial score (nSPS) is 12.8. The van der Waals surface area contributed by atoms with Gasteiger partial charge in [0.15, 0.2) is 0 Å². The second-order valence-electron chi connectivity index (χ2n) is 4.41. The summed E-state index contributed by atoms with van der Waals surface area (Å²) in [5.41, 5.74) is 3.93. The van der Waals surface area contributed by atoms with Gasteiger partial charge in [-0.15, -0.1) is 0 Å². The summed E-state index contributed by atoms with van der Waals surface area (Å²) in [4.78, 5) is 0. The van der Waals surface area contributed by atoms with E-state index in [0.29, 0.717) is 5.92 Å². The highest BCUT2D eigenvalue weighted by molar-refractivity contribution is 5.28. The van der Waals surface area contributed by atoms with E-state index in [2.05, 4.69) is 37.4 Å². The molecule has 2 nitrogen and oxygen atoms in total. The molecule has 0 fully saturated rings. The summed E-state index contributed by atoms with van der Waals surface area (Å²) in [6.07, 6.45) is 0. The Bertz CT molecular complexity index is 289. The number of rotatable bonds is 5. The lowest BCUT2D eigenvalue weighted by Gasteiger charge is -2.10. The van der Waals surface area contributed by atoms with Crippen molar-refractivity contribution in [3.05, 3.63) is 34.9 Å². The van der Waals surface area contributed by atoms with Crippen LogP contribution in [0.2, 0.25) is 0 Å². The molecule has 0 aromatic heterocycles. The molecule has 2 heteroatoms. The summed E-state index contributed by atoms with van der Waals surface area (Å²) in [5, 5.41) is 12.2. The Morgan fingerprint density at radius 2 is 1.80 bits per heavy atom. The molecule has 0 saturated heterocycles. The lowest BCUT2D eigenvalue weighted by Crippen LogP contribution is -2.22. The maximum absolute atomic E-state index is 8.88. The zero-order chi connectivity index (χ0) is 11.3. The molecule has 0 amide bonds. The molecule has 2 N–H and O–H groups in total. The smallest absolute Gasteiger partial charge is 0.0468 e. The van der Waals surface area contributed by atoms with Gasteiger partial charge in [0.25, 0.3) is 0 Å². The summed E-state index contributed by atoms with van der Waals surface area (Å²) in [7, 11) is 0. The Balaban J connectivity index is 2.43. The van der Waals surface area contributed by atoms with E-state index in [1.165, 1.54) is 16.7 Å². The van der Waals surface area contributed by atoms with E-state index >= 15 is 0 Å². The van der Waals surface area contributed by atoms with E-state index in [1.54, 1.807) is 0 Å². The van der Waals surface area contributed by atoms with Gasteiger partial charge >= 0.3 is 0 Å². The van der Waals surface area contributed by atoms with Crippen LogP contribution in [0.15, 0.2) is 18.2 Å². The fourth-order valence-corrected chi connectivity index (χ4v) is 1.70. The minimum absolute atomic E-state index is 0.250. The largest absolute Gasteiger partial charge is 0.396 e. The summed E-state index contributed by atoms with van der Waals surface area (Å²) < 4.78 is 0. The first-order valence-corrected chi connectivity index (χ1v) is 5.50. The maximum Gasteiger partial charge on any atom is 0.0468 e. The highest BCUT2D eigenvalue weighted by Gasteiger charge is 1.99. The number of aliphatic hydroxyl groups is 1. The molecule has 84 valence electrons. The van der Waals surface area contributed by atoms with Gasteiger partial charge in [0.05, 0.1) is 0 Å². The molecule has 0 saturated carbocycles. The van der Waals surface area contributed by atoms with Crippen LogP contribution in [0.25, 0.3) is 0 Å². The summed E-state index contributed by atoms with van der Waals surface area (Å²) >= 11 is 0. The van der Waals surface area contributed by atoms with E-state index in [-0.39, 0.29) is 6.61 Å². The predicted octanol–water partition coefficient (Wildman–Crippen LogP) is 2.02. The predicted molar refractivity (Wildman–Crippen MR) is 63.9 cm³/mol. The van der Waals surface area contributed by atoms with Crippen molar-refractivity contribution in [3.63, 3.8) is 0 Å². The van der Waals surface area contributed by atoms with Gasteiger partial charge in [-0.05, 0) is 25.3 Å². The third kappa shape index (κ3) is 4.45. The molecule has 1 unspecified atom stereocenters. The molecule has 0 spiro atoms. The van der Waals surface area contributed by atoms with Crippen molar-refractivity contribution in [3.8, 4) is 0 Å². The molecule has 1 atom stereocenters. The highest BCUT2D eigenvalue weighted by Crippen LogP contribution is 2.08. The van der Waals surface area contributed by atoms with Crippen LogP contribution < -0.4 is 5.32 Å². The van der Waals surface area contributed by atoms with Gasteiger partial charge in [0.1, 0.15) is 0 Å². The molecule has 1 rings (SSSR count).